The van der Waals surface area contributed by atoms with Crippen molar-refractivity contribution in [1.82, 2.24) is 24.7 Å². The Morgan fingerprint density at radius 1 is 0.947 bits per heavy atom. The van der Waals surface area contributed by atoms with E-state index < -0.39 is 26.6 Å². The van der Waals surface area contributed by atoms with E-state index in [4.69, 9.17) is 14.2 Å². The van der Waals surface area contributed by atoms with E-state index in [9.17, 15) is 13.2 Å². The quantitative estimate of drug-likeness (QED) is 0.277. The summed E-state index contributed by atoms with van der Waals surface area (Å²) in [5.41, 5.74) is 1.78. The minimum atomic E-state index is -4.08. The Morgan fingerprint density at radius 3 is 2.18 bits per heavy atom. The lowest BCUT2D eigenvalue weighted by molar-refractivity contribution is 0.0981. The summed E-state index contributed by atoms with van der Waals surface area (Å²) < 4.78 is 45.0. The first-order valence-electron chi connectivity index (χ1n) is 11.5. The molecule has 0 aliphatic rings. The number of rotatable bonds is 10. The molecule has 2 aromatic heterocycles. The highest BCUT2D eigenvalue weighted by molar-refractivity contribution is 7.92. The average Bonchev–Trinajstić information content (AvgIpc) is 3.34. The maximum Gasteiger partial charge on any atom is 0.217 e. The molecule has 2 aromatic carbocycles. The van der Waals surface area contributed by atoms with Crippen molar-refractivity contribution in [2.75, 3.05) is 21.3 Å². The fraction of sp³-hybridized carbons (Fsp3) is 0.269. The summed E-state index contributed by atoms with van der Waals surface area (Å²) in [6, 6.07) is 12.3. The molecule has 0 bridgehead atoms. The van der Waals surface area contributed by atoms with Gasteiger partial charge in [0.25, 0.3) is 0 Å². The molecule has 38 heavy (non-hydrogen) atoms. The smallest absolute Gasteiger partial charge is 0.217 e. The number of sulfone groups is 1. The van der Waals surface area contributed by atoms with Crippen LogP contribution in [0.2, 0.25) is 0 Å². The number of benzene rings is 2. The van der Waals surface area contributed by atoms with Gasteiger partial charge in [-0.05, 0) is 43.7 Å². The van der Waals surface area contributed by atoms with Gasteiger partial charge in [-0.3, -0.25) is 9.36 Å². The molecule has 1 atom stereocenters. The molecule has 2 heterocycles. The number of aromatic nitrogens is 5. The minimum absolute atomic E-state index is 0.0649. The summed E-state index contributed by atoms with van der Waals surface area (Å²) in [5.74, 6) is 0.316. The molecule has 0 fully saturated rings. The van der Waals surface area contributed by atoms with Crippen LogP contribution in [0, 0.1) is 6.92 Å². The van der Waals surface area contributed by atoms with E-state index in [1.807, 2.05) is 0 Å². The van der Waals surface area contributed by atoms with Crippen LogP contribution in [0.3, 0.4) is 0 Å². The molecule has 0 saturated heterocycles. The van der Waals surface area contributed by atoms with Gasteiger partial charge in [0, 0.05) is 18.0 Å². The third-order valence-electron chi connectivity index (χ3n) is 5.92. The lowest BCUT2D eigenvalue weighted by Gasteiger charge is -2.18. The molecular formula is C26H27N5O6S. The van der Waals surface area contributed by atoms with E-state index in [0.29, 0.717) is 34.3 Å². The second-order valence-corrected chi connectivity index (χ2v) is 10.7. The number of carbonyl (C=O) groups excluding carboxylic acids is 1. The van der Waals surface area contributed by atoms with Gasteiger partial charge in [-0.2, -0.15) is 0 Å². The Labute approximate surface area is 220 Å². The van der Waals surface area contributed by atoms with Crippen LogP contribution in [0.15, 0.2) is 54.9 Å². The highest BCUT2D eigenvalue weighted by Crippen LogP contribution is 2.37. The van der Waals surface area contributed by atoms with Crippen molar-refractivity contribution < 1.29 is 27.4 Å². The van der Waals surface area contributed by atoms with Gasteiger partial charge in [-0.25, -0.2) is 18.4 Å². The van der Waals surface area contributed by atoms with Gasteiger partial charge < -0.3 is 14.2 Å². The Bertz CT molecular complexity index is 1550. The Hall–Kier alpha value is -4.32. The van der Waals surface area contributed by atoms with Crippen molar-refractivity contribution in [3.05, 3.63) is 72.1 Å². The van der Waals surface area contributed by atoms with Gasteiger partial charge >= 0.3 is 0 Å². The number of para-hydroxylation sites is 1. The van der Waals surface area contributed by atoms with Crippen molar-refractivity contribution in [2.45, 2.75) is 24.9 Å². The van der Waals surface area contributed by atoms with Crippen LogP contribution in [0.5, 0.6) is 17.2 Å². The first-order chi connectivity index (χ1) is 18.2. The first kappa shape index (κ1) is 26.7. The third-order valence-corrected chi connectivity index (χ3v) is 7.87. The molecule has 0 spiro atoms. The van der Waals surface area contributed by atoms with E-state index in [1.54, 1.807) is 61.1 Å². The number of ketones is 1. The Balaban J connectivity index is 1.85. The number of nitrogens with zero attached hydrogens (tertiary/aromatic N) is 5. The van der Waals surface area contributed by atoms with E-state index in [-0.39, 0.29) is 11.6 Å². The van der Waals surface area contributed by atoms with Crippen LogP contribution in [0.25, 0.3) is 17.1 Å². The summed E-state index contributed by atoms with van der Waals surface area (Å²) in [6.45, 7) is 3.08. The molecule has 0 N–H and O–H groups in total. The summed E-state index contributed by atoms with van der Waals surface area (Å²) in [7, 11) is 0.447. The van der Waals surface area contributed by atoms with Gasteiger partial charge in [0.15, 0.2) is 27.3 Å². The van der Waals surface area contributed by atoms with Crippen LogP contribution in [-0.2, 0) is 15.6 Å². The number of ether oxygens (including phenoxy) is 3. The van der Waals surface area contributed by atoms with Gasteiger partial charge in [-0.1, -0.05) is 18.2 Å². The summed E-state index contributed by atoms with van der Waals surface area (Å²) in [5, 5.41) is 7.12. The second kappa shape index (κ2) is 11.0. The maximum absolute atomic E-state index is 13.5. The third kappa shape index (κ3) is 5.21. The minimum Gasteiger partial charge on any atom is -0.497 e. The van der Waals surface area contributed by atoms with Crippen molar-refractivity contribution in [3.8, 4) is 34.3 Å². The van der Waals surface area contributed by atoms with E-state index >= 15 is 0 Å². The van der Waals surface area contributed by atoms with Crippen molar-refractivity contribution in [1.29, 1.82) is 0 Å². The zero-order valence-electron chi connectivity index (χ0n) is 21.6. The molecule has 0 saturated carbocycles. The molecule has 0 amide bonds. The number of methoxy groups -OCH3 is 3. The Morgan fingerprint density at radius 2 is 1.58 bits per heavy atom. The zero-order chi connectivity index (χ0) is 27.4. The number of Topliss-reactive ketones (excluding diaryl/α,β-unsaturated/α-hetero) is 1. The highest BCUT2D eigenvalue weighted by Gasteiger charge is 2.34. The fourth-order valence-electron chi connectivity index (χ4n) is 3.82. The molecule has 4 rings (SSSR count). The van der Waals surface area contributed by atoms with E-state index in [1.165, 1.54) is 33.5 Å². The summed E-state index contributed by atoms with van der Waals surface area (Å²) >= 11 is 0. The summed E-state index contributed by atoms with van der Waals surface area (Å²) in [4.78, 5) is 20.9. The van der Waals surface area contributed by atoms with Crippen LogP contribution < -0.4 is 14.2 Å². The van der Waals surface area contributed by atoms with E-state index in [0.717, 1.165) is 5.56 Å². The maximum atomic E-state index is 13.5. The lowest BCUT2D eigenvalue weighted by atomic mass is 10.2. The monoisotopic (exact) mass is 537 g/mol. The normalized spacial score (nSPS) is 12.1. The molecule has 12 heteroatoms. The Kier molecular flexibility index (Phi) is 7.72. The second-order valence-electron chi connectivity index (χ2n) is 8.42. The number of aryl methyl sites for hydroxylation is 1. The predicted octanol–water partition coefficient (Wildman–Crippen LogP) is 3.24. The van der Waals surface area contributed by atoms with Crippen LogP contribution in [0.4, 0.5) is 0 Å². The molecular weight excluding hydrogens is 510 g/mol. The van der Waals surface area contributed by atoms with Crippen molar-refractivity contribution >= 4 is 15.6 Å². The van der Waals surface area contributed by atoms with Gasteiger partial charge in [0.2, 0.25) is 5.78 Å². The molecule has 4 aromatic rings. The molecule has 0 aliphatic heterocycles. The van der Waals surface area contributed by atoms with Crippen LogP contribution in [-0.4, -0.2) is 65.5 Å². The van der Waals surface area contributed by atoms with Gasteiger partial charge in [-0.15, -0.1) is 10.2 Å². The number of hydrogen-bond acceptors (Lipinski definition) is 10. The summed E-state index contributed by atoms with van der Waals surface area (Å²) in [6.07, 6.45) is 2.93. The number of hydrogen-bond donors (Lipinski definition) is 0. The molecule has 198 valence electrons. The van der Waals surface area contributed by atoms with Gasteiger partial charge in [0.05, 0.1) is 21.3 Å². The average molecular weight is 538 g/mol. The fourth-order valence-corrected chi connectivity index (χ4v) is 5.04. The molecule has 0 unspecified atom stereocenters. The van der Waals surface area contributed by atoms with Crippen molar-refractivity contribution in [3.63, 3.8) is 0 Å². The molecule has 11 nitrogen and oxygen atoms in total. The van der Waals surface area contributed by atoms with Crippen LogP contribution in [0.1, 0.15) is 28.9 Å². The topological polar surface area (TPSA) is 135 Å². The molecule has 0 aliphatic carbocycles. The van der Waals surface area contributed by atoms with Crippen molar-refractivity contribution in [2.24, 2.45) is 0 Å². The predicted molar refractivity (Wildman–Crippen MR) is 140 cm³/mol. The first-order valence-corrected chi connectivity index (χ1v) is 13.3. The highest BCUT2D eigenvalue weighted by atomic mass is 32.2. The lowest BCUT2D eigenvalue weighted by Crippen LogP contribution is -2.30. The zero-order valence-corrected chi connectivity index (χ0v) is 22.4. The van der Waals surface area contributed by atoms with Crippen LogP contribution >= 0.6 is 0 Å². The largest absolute Gasteiger partial charge is 0.497 e. The standard InChI is InChI=1S/C26H27N5O6S/c1-16-13-27-25(28-14-16)24(32)17(2)38(33,34)15-22-29-30-26(18-8-6-9-19(12-18)35-3)31(22)23-20(36-4)10-7-11-21(23)37-5/h6-14,17H,15H2,1-5H3/t17-/m0/s1. The number of carbonyl (C=O) groups is 1. The molecule has 0 radical (unpaired) electrons. The SMILES string of the molecule is COc1cccc(-c2nnc(CS(=O)(=O)[C@@H](C)C(=O)c3ncc(C)cn3)n2-c2c(OC)cccc2OC)c1. The van der Waals surface area contributed by atoms with Gasteiger partial charge in [0.1, 0.15) is 33.9 Å². The van der Waals surface area contributed by atoms with E-state index in [2.05, 4.69) is 20.2 Å².